The van der Waals surface area contributed by atoms with Crippen LogP contribution in [0, 0.1) is 10.1 Å². The van der Waals surface area contributed by atoms with Gasteiger partial charge in [-0.2, -0.15) is 0 Å². The van der Waals surface area contributed by atoms with E-state index in [0.717, 1.165) is 0 Å². The van der Waals surface area contributed by atoms with Gasteiger partial charge in [0.1, 0.15) is 0 Å². The minimum atomic E-state index is -1.48. The molecule has 0 aromatic heterocycles. The molecule has 0 amide bonds. The Kier molecular flexibility index (Phi) is 5.10. The van der Waals surface area contributed by atoms with Gasteiger partial charge in [0.15, 0.2) is 5.54 Å². The van der Waals surface area contributed by atoms with Gasteiger partial charge in [0.25, 0.3) is 0 Å². The smallest absolute Gasteiger partial charge is 0.329 e. The van der Waals surface area contributed by atoms with Crippen molar-refractivity contribution in [3.05, 3.63) is 46.0 Å². The predicted molar refractivity (Wildman–Crippen MR) is 79.0 cm³/mol. The van der Waals surface area contributed by atoms with Crippen molar-refractivity contribution >= 4 is 5.97 Å². The number of ether oxygens (including phenoxy) is 1. The maximum absolute atomic E-state index is 12.5. The van der Waals surface area contributed by atoms with Gasteiger partial charge < -0.3 is 9.84 Å². The average Bonchev–Trinajstić information content (AvgIpc) is 2.88. The molecule has 1 aliphatic rings. The summed E-state index contributed by atoms with van der Waals surface area (Å²) in [5.74, 6) is -1.45. The topological polar surface area (TPSA) is 102 Å². The highest BCUT2D eigenvalue weighted by atomic mass is 16.6. The Balaban J connectivity index is 2.48. The van der Waals surface area contributed by atoms with Gasteiger partial charge in [-0.15, -0.1) is 0 Å². The van der Waals surface area contributed by atoms with Crippen molar-refractivity contribution in [2.24, 2.45) is 0 Å². The molecule has 2 N–H and O–H groups in total. The summed E-state index contributed by atoms with van der Waals surface area (Å²) in [6.07, 6.45) is -0.684. The quantitative estimate of drug-likeness (QED) is 0.456. The summed E-state index contributed by atoms with van der Waals surface area (Å²) in [6, 6.07) is 8.75. The van der Waals surface area contributed by atoms with Crippen molar-refractivity contribution < 1.29 is 19.6 Å². The second kappa shape index (κ2) is 6.85. The molecule has 1 aromatic rings. The molecule has 2 rings (SSSR count). The molecule has 3 atom stereocenters. The third kappa shape index (κ3) is 2.95. The molecular formula is C15H20N2O5. The van der Waals surface area contributed by atoms with Crippen LogP contribution in [-0.2, 0) is 9.53 Å². The Morgan fingerprint density at radius 2 is 2.23 bits per heavy atom. The molecule has 0 radical (unpaired) electrons. The third-order valence-electron chi connectivity index (χ3n) is 4.06. The number of nitrogens with one attached hydrogen (secondary N) is 1. The second-order valence-electron chi connectivity index (χ2n) is 5.30. The van der Waals surface area contributed by atoms with Crippen LogP contribution < -0.4 is 5.32 Å². The number of esters is 1. The highest BCUT2D eigenvalue weighted by Crippen LogP contribution is 2.37. The zero-order valence-electron chi connectivity index (χ0n) is 12.4. The number of nitro groups is 1. The monoisotopic (exact) mass is 308 g/mol. The van der Waals surface area contributed by atoms with Crippen molar-refractivity contribution in [2.75, 3.05) is 19.7 Å². The molecule has 1 heterocycles. The maximum atomic E-state index is 12.5. The van der Waals surface area contributed by atoms with Crippen LogP contribution >= 0.6 is 0 Å². The predicted octanol–water partition coefficient (Wildman–Crippen LogP) is 0.703. The van der Waals surface area contributed by atoms with E-state index in [4.69, 9.17) is 4.74 Å². The molecule has 1 aromatic carbocycles. The normalized spacial score (nSPS) is 25.6. The maximum Gasteiger partial charge on any atom is 0.329 e. The van der Waals surface area contributed by atoms with Gasteiger partial charge in [0.2, 0.25) is 6.54 Å². The summed E-state index contributed by atoms with van der Waals surface area (Å²) in [7, 11) is 0. The molecular weight excluding hydrogens is 288 g/mol. The minimum absolute atomic E-state index is 0.148. The van der Waals surface area contributed by atoms with Crippen molar-refractivity contribution in [3.8, 4) is 0 Å². The second-order valence-corrected chi connectivity index (χ2v) is 5.30. The zero-order chi connectivity index (χ0) is 16.2. The lowest BCUT2D eigenvalue weighted by Gasteiger charge is -2.36. The van der Waals surface area contributed by atoms with E-state index in [1.165, 1.54) is 0 Å². The molecule has 120 valence electrons. The number of aliphatic hydroxyl groups excluding tert-OH is 1. The van der Waals surface area contributed by atoms with Crippen LogP contribution in [0.2, 0.25) is 0 Å². The summed E-state index contributed by atoms with van der Waals surface area (Å²) in [5, 5.41) is 24.5. The Morgan fingerprint density at radius 1 is 1.55 bits per heavy atom. The fourth-order valence-corrected chi connectivity index (χ4v) is 3.06. The van der Waals surface area contributed by atoms with Crippen molar-refractivity contribution in [2.45, 2.75) is 30.9 Å². The highest BCUT2D eigenvalue weighted by molar-refractivity contribution is 5.84. The number of aliphatic hydroxyl groups is 1. The van der Waals surface area contributed by atoms with Crippen molar-refractivity contribution in [1.82, 2.24) is 5.32 Å². The van der Waals surface area contributed by atoms with Crippen molar-refractivity contribution in [3.63, 3.8) is 0 Å². The minimum Gasteiger partial charge on any atom is -0.465 e. The molecule has 0 saturated carbocycles. The fourth-order valence-electron chi connectivity index (χ4n) is 3.06. The van der Waals surface area contributed by atoms with Crippen LogP contribution in [-0.4, -0.2) is 47.3 Å². The largest absolute Gasteiger partial charge is 0.465 e. The van der Waals surface area contributed by atoms with E-state index >= 15 is 0 Å². The SMILES string of the molecule is CCOC(=O)[C@@]1([C@H](C[N+](=O)[O-])c2ccccc2)NCCC1O. The van der Waals surface area contributed by atoms with Crippen LogP contribution in [0.5, 0.6) is 0 Å². The molecule has 1 unspecified atom stereocenters. The standard InChI is InChI=1S/C15H20N2O5/c1-2-22-14(19)15(13(18)8-9-16-15)12(10-17(20)21)11-6-4-3-5-7-11/h3-7,12-13,16,18H,2,8-10H2,1H3/t12-,13?,15+/m1/s1. The summed E-state index contributed by atoms with van der Waals surface area (Å²) < 4.78 is 5.10. The number of nitrogens with zero attached hydrogens (tertiary/aromatic N) is 1. The van der Waals surface area contributed by atoms with E-state index in [0.29, 0.717) is 18.5 Å². The number of carbonyl (C=O) groups is 1. The summed E-state index contributed by atoms with van der Waals surface area (Å²) in [4.78, 5) is 23.2. The van der Waals surface area contributed by atoms with Gasteiger partial charge >= 0.3 is 5.97 Å². The van der Waals surface area contributed by atoms with E-state index in [2.05, 4.69) is 5.32 Å². The van der Waals surface area contributed by atoms with Crippen LogP contribution in [0.1, 0.15) is 24.8 Å². The number of benzene rings is 1. The third-order valence-corrected chi connectivity index (χ3v) is 4.06. The van der Waals surface area contributed by atoms with Gasteiger partial charge in [-0.3, -0.25) is 15.4 Å². The van der Waals surface area contributed by atoms with E-state index in [-0.39, 0.29) is 6.61 Å². The van der Waals surface area contributed by atoms with Crippen molar-refractivity contribution in [1.29, 1.82) is 0 Å². The van der Waals surface area contributed by atoms with Crippen LogP contribution in [0.3, 0.4) is 0 Å². The molecule has 22 heavy (non-hydrogen) atoms. The lowest BCUT2D eigenvalue weighted by atomic mass is 9.76. The molecule has 1 fully saturated rings. The molecule has 0 spiro atoms. The fraction of sp³-hybridized carbons (Fsp3) is 0.533. The van der Waals surface area contributed by atoms with Gasteiger partial charge in [0, 0.05) is 4.92 Å². The number of hydrogen-bond acceptors (Lipinski definition) is 6. The highest BCUT2D eigenvalue weighted by Gasteiger charge is 2.57. The lowest BCUT2D eigenvalue weighted by Crippen LogP contribution is -2.61. The number of hydrogen-bond donors (Lipinski definition) is 2. The van der Waals surface area contributed by atoms with Gasteiger partial charge in [-0.1, -0.05) is 30.3 Å². The van der Waals surface area contributed by atoms with E-state index in [1.807, 2.05) is 0 Å². The Bertz CT molecular complexity index is 536. The Morgan fingerprint density at radius 3 is 2.73 bits per heavy atom. The van der Waals surface area contributed by atoms with Crippen LogP contribution in [0.15, 0.2) is 30.3 Å². The first kappa shape index (κ1) is 16.4. The first-order chi connectivity index (χ1) is 10.5. The number of rotatable bonds is 6. The van der Waals surface area contributed by atoms with Crippen LogP contribution in [0.25, 0.3) is 0 Å². The molecule has 0 bridgehead atoms. The molecule has 1 aliphatic heterocycles. The molecule has 7 nitrogen and oxygen atoms in total. The Labute approximate surface area is 128 Å². The molecule has 7 heteroatoms. The first-order valence-corrected chi connectivity index (χ1v) is 7.29. The lowest BCUT2D eigenvalue weighted by molar-refractivity contribution is -0.485. The van der Waals surface area contributed by atoms with E-state index in [9.17, 15) is 20.0 Å². The van der Waals surface area contributed by atoms with Gasteiger partial charge in [-0.25, -0.2) is 4.79 Å². The van der Waals surface area contributed by atoms with Gasteiger partial charge in [0.05, 0.1) is 18.6 Å². The van der Waals surface area contributed by atoms with E-state index in [1.54, 1.807) is 37.3 Å². The van der Waals surface area contributed by atoms with Crippen LogP contribution in [0.4, 0.5) is 0 Å². The average molecular weight is 308 g/mol. The Hall–Kier alpha value is -1.99. The van der Waals surface area contributed by atoms with Gasteiger partial charge in [-0.05, 0) is 25.5 Å². The first-order valence-electron chi connectivity index (χ1n) is 7.29. The summed E-state index contributed by atoms with van der Waals surface area (Å²) >= 11 is 0. The summed E-state index contributed by atoms with van der Waals surface area (Å²) in [6.45, 7) is 1.75. The van der Waals surface area contributed by atoms with E-state index < -0.39 is 35.0 Å². The molecule has 0 aliphatic carbocycles. The summed E-state index contributed by atoms with van der Waals surface area (Å²) in [5.41, 5.74) is -0.856. The molecule has 1 saturated heterocycles. The number of carbonyl (C=O) groups excluding carboxylic acids is 1. The zero-order valence-corrected chi connectivity index (χ0v) is 12.4.